The number of hydrogen-bond acceptors (Lipinski definition) is 2. The highest BCUT2D eigenvalue weighted by molar-refractivity contribution is 6.30. The zero-order valence-corrected chi connectivity index (χ0v) is 19.4. The SMILES string of the molecule is Cc1cc2ncn(CCN(CCCl)C(c3ccccc3)c3ccc(Cl)cc3)c2cc1C. The van der Waals surface area contributed by atoms with Gasteiger partial charge in [-0.2, -0.15) is 0 Å². The van der Waals surface area contributed by atoms with Crippen molar-refractivity contribution in [3.63, 3.8) is 0 Å². The Labute approximate surface area is 194 Å². The summed E-state index contributed by atoms with van der Waals surface area (Å²) in [7, 11) is 0. The lowest BCUT2D eigenvalue weighted by atomic mass is 9.97. The Kier molecular flexibility index (Phi) is 6.96. The molecule has 0 radical (unpaired) electrons. The van der Waals surface area contributed by atoms with Crippen LogP contribution in [0.1, 0.15) is 28.3 Å². The molecule has 5 heteroatoms. The number of rotatable bonds is 8. The maximum Gasteiger partial charge on any atom is 0.0958 e. The molecule has 0 fully saturated rings. The van der Waals surface area contributed by atoms with Gasteiger partial charge in [0.2, 0.25) is 0 Å². The molecule has 1 heterocycles. The highest BCUT2D eigenvalue weighted by Crippen LogP contribution is 2.30. The lowest BCUT2D eigenvalue weighted by molar-refractivity contribution is 0.230. The molecule has 0 spiro atoms. The minimum absolute atomic E-state index is 0.107. The van der Waals surface area contributed by atoms with E-state index in [2.05, 4.69) is 82.9 Å². The van der Waals surface area contributed by atoms with Crippen molar-refractivity contribution in [3.8, 4) is 0 Å². The zero-order valence-electron chi connectivity index (χ0n) is 17.9. The largest absolute Gasteiger partial charge is 0.329 e. The second kappa shape index (κ2) is 9.86. The lowest BCUT2D eigenvalue weighted by Crippen LogP contribution is -2.34. The molecule has 0 amide bonds. The number of fused-ring (bicyclic) bond motifs is 1. The average Bonchev–Trinajstić information content (AvgIpc) is 3.16. The highest BCUT2D eigenvalue weighted by atomic mass is 35.5. The molecular formula is C26H27Cl2N3. The van der Waals surface area contributed by atoms with Crippen LogP contribution in [0.3, 0.4) is 0 Å². The molecule has 1 aromatic heterocycles. The number of aromatic nitrogens is 2. The third-order valence-corrected chi connectivity index (χ3v) is 6.32. The molecule has 4 aromatic rings. The topological polar surface area (TPSA) is 21.1 Å². The summed E-state index contributed by atoms with van der Waals surface area (Å²) in [4.78, 5) is 7.06. The second-order valence-corrected chi connectivity index (χ2v) is 8.77. The number of nitrogens with zero attached hydrogens (tertiary/aromatic N) is 3. The molecule has 0 aliphatic heterocycles. The van der Waals surface area contributed by atoms with Gasteiger partial charge in [-0.25, -0.2) is 4.98 Å². The van der Waals surface area contributed by atoms with E-state index >= 15 is 0 Å². The molecule has 0 N–H and O–H groups in total. The average molecular weight is 452 g/mol. The van der Waals surface area contributed by atoms with E-state index in [-0.39, 0.29) is 6.04 Å². The molecule has 0 saturated heterocycles. The van der Waals surface area contributed by atoms with Gasteiger partial charge < -0.3 is 4.57 Å². The van der Waals surface area contributed by atoms with Crippen molar-refractivity contribution >= 4 is 34.2 Å². The van der Waals surface area contributed by atoms with E-state index in [4.69, 9.17) is 23.2 Å². The van der Waals surface area contributed by atoms with Gasteiger partial charge in [0.15, 0.2) is 0 Å². The van der Waals surface area contributed by atoms with Gasteiger partial charge in [0.05, 0.1) is 23.4 Å². The first kappa shape index (κ1) is 21.9. The number of halogens is 2. The Balaban J connectivity index is 1.65. The van der Waals surface area contributed by atoms with Crippen molar-refractivity contribution in [3.05, 3.63) is 100 Å². The van der Waals surface area contributed by atoms with Crippen LogP contribution in [0.25, 0.3) is 11.0 Å². The molecular weight excluding hydrogens is 425 g/mol. The minimum atomic E-state index is 0.107. The fraction of sp³-hybridized carbons (Fsp3) is 0.269. The molecule has 1 atom stereocenters. The van der Waals surface area contributed by atoms with Crippen LogP contribution < -0.4 is 0 Å². The molecule has 3 aromatic carbocycles. The van der Waals surface area contributed by atoms with E-state index in [0.717, 1.165) is 30.2 Å². The van der Waals surface area contributed by atoms with Gasteiger partial charge in [-0.3, -0.25) is 4.90 Å². The molecule has 3 nitrogen and oxygen atoms in total. The Morgan fingerprint density at radius 3 is 2.29 bits per heavy atom. The van der Waals surface area contributed by atoms with Crippen molar-refractivity contribution in [1.29, 1.82) is 0 Å². The van der Waals surface area contributed by atoms with Crippen LogP contribution in [0.5, 0.6) is 0 Å². The lowest BCUT2D eigenvalue weighted by Gasteiger charge is -2.32. The first-order valence-corrected chi connectivity index (χ1v) is 11.5. The molecule has 0 saturated carbocycles. The summed E-state index contributed by atoms with van der Waals surface area (Å²) in [5, 5.41) is 0.745. The fourth-order valence-electron chi connectivity index (χ4n) is 4.10. The third-order valence-electron chi connectivity index (χ3n) is 5.90. The minimum Gasteiger partial charge on any atom is -0.329 e. The number of alkyl halides is 1. The summed E-state index contributed by atoms with van der Waals surface area (Å²) in [5.74, 6) is 0.569. The normalized spacial score (nSPS) is 12.5. The molecule has 31 heavy (non-hydrogen) atoms. The number of imidazole rings is 1. The van der Waals surface area contributed by atoms with Crippen molar-refractivity contribution in [2.24, 2.45) is 0 Å². The standard InChI is InChI=1S/C26H27Cl2N3/c1-19-16-24-25(17-20(19)2)31(18-29-24)15-14-30(13-12-27)26(21-6-4-3-5-7-21)22-8-10-23(28)11-9-22/h3-11,16-18,26H,12-15H2,1-2H3. The monoisotopic (exact) mass is 451 g/mol. The van der Waals surface area contributed by atoms with Gasteiger partial charge in [0, 0.05) is 30.5 Å². The Morgan fingerprint density at radius 2 is 1.58 bits per heavy atom. The van der Waals surface area contributed by atoms with E-state index in [1.165, 1.54) is 27.8 Å². The van der Waals surface area contributed by atoms with Crippen LogP contribution in [0.4, 0.5) is 0 Å². The quantitative estimate of drug-likeness (QED) is 0.280. The Hall–Kier alpha value is -2.33. The second-order valence-electron chi connectivity index (χ2n) is 7.95. The molecule has 0 aliphatic rings. The van der Waals surface area contributed by atoms with Crippen molar-refractivity contribution in [2.75, 3.05) is 19.0 Å². The van der Waals surface area contributed by atoms with Gasteiger partial charge in [-0.1, -0.05) is 54.1 Å². The summed E-state index contributed by atoms with van der Waals surface area (Å²) in [5.41, 5.74) is 7.24. The fourth-order valence-corrected chi connectivity index (χ4v) is 4.44. The summed E-state index contributed by atoms with van der Waals surface area (Å²) < 4.78 is 2.24. The number of aryl methyl sites for hydroxylation is 2. The van der Waals surface area contributed by atoms with Gasteiger partial charge >= 0.3 is 0 Å². The van der Waals surface area contributed by atoms with Crippen LogP contribution in [-0.4, -0.2) is 33.4 Å². The predicted octanol–water partition coefficient (Wildman–Crippen LogP) is 6.64. The maximum atomic E-state index is 6.25. The third kappa shape index (κ3) is 4.95. The van der Waals surface area contributed by atoms with E-state index in [1.54, 1.807) is 0 Å². The molecule has 1 unspecified atom stereocenters. The van der Waals surface area contributed by atoms with E-state index in [0.29, 0.717) is 5.88 Å². The van der Waals surface area contributed by atoms with Crippen molar-refractivity contribution in [2.45, 2.75) is 26.4 Å². The van der Waals surface area contributed by atoms with E-state index in [1.807, 2.05) is 18.5 Å². The first-order chi connectivity index (χ1) is 15.1. The van der Waals surface area contributed by atoms with Gasteiger partial charge in [0.25, 0.3) is 0 Å². The summed E-state index contributed by atoms with van der Waals surface area (Å²) >= 11 is 12.4. The molecule has 160 valence electrons. The van der Waals surface area contributed by atoms with Crippen LogP contribution in [0, 0.1) is 13.8 Å². The Morgan fingerprint density at radius 1 is 0.903 bits per heavy atom. The summed E-state index contributed by atoms with van der Waals surface area (Å²) in [6.07, 6.45) is 1.95. The molecule has 0 aliphatic carbocycles. The highest BCUT2D eigenvalue weighted by Gasteiger charge is 2.22. The first-order valence-electron chi connectivity index (χ1n) is 10.6. The van der Waals surface area contributed by atoms with Crippen molar-refractivity contribution in [1.82, 2.24) is 14.5 Å². The molecule has 0 bridgehead atoms. The van der Waals surface area contributed by atoms with Gasteiger partial charge in [-0.15, -0.1) is 11.6 Å². The van der Waals surface area contributed by atoms with Crippen LogP contribution in [0.2, 0.25) is 5.02 Å². The summed E-state index contributed by atoms with van der Waals surface area (Å²) in [6.45, 7) is 6.76. The van der Waals surface area contributed by atoms with Crippen LogP contribution in [0.15, 0.2) is 73.1 Å². The smallest absolute Gasteiger partial charge is 0.0958 e. The van der Waals surface area contributed by atoms with Crippen molar-refractivity contribution < 1.29 is 0 Å². The Bertz CT molecular complexity index is 1140. The predicted molar refractivity (Wildman–Crippen MR) is 131 cm³/mol. The molecule has 4 rings (SSSR count). The van der Waals surface area contributed by atoms with E-state index in [9.17, 15) is 0 Å². The van der Waals surface area contributed by atoms with Crippen LogP contribution >= 0.6 is 23.2 Å². The zero-order chi connectivity index (χ0) is 21.8. The maximum absolute atomic E-state index is 6.25. The van der Waals surface area contributed by atoms with Gasteiger partial charge in [-0.05, 0) is 60.4 Å². The van der Waals surface area contributed by atoms with Crippen LogP contribution in [-0.2, 0) is 6.54 Å². The van der Waals surface area contributed by atoms with E-state index < -0.39 is 0 Å². The number of benzene rings is 3. The summed E-state index contributed by atoms with van der Waals surface area (Å²) in [6, 6.07) is 23.2. The number of hydrogen-bond donors (Lipinski definition) is 0. The van der Waals surface area contributed by atoms with Gasteiger partial charge in [0.1, 0.15) is 0 Å².